The van der Waals surface area contributed by atoms with Gasteiger partial charge in [0.05, 0.1) is 5.76 Å². The van der Waals surface area contributed by atoms with Gasteiger partial charge in [0.1, 0.15) is 6.10 Å². The fourth-order valence-electron chi connectivity index (χ4n) is 3.48. The fourth-order valence-corrected chi connectivity index (χ4v) is 3.48. The van der Waals surface area contributed by atoms with Gasteiger partial charge in [-0.15, -0.1) is 13.2 Å². The van der Waals surface area contributed by atoms with Crippen molar-refractivity contribution in [2.45, 2.75) is 70.8 Å². The molecule has 0 fully saturated rings. The van der Waals surface area contributed by atoms with Crippen LogP contribution in [0.3, 0.4) is 0 Å². The second-order valence-electron chi connectivity index (χ2n) is 6.66. The Hall–Kier alpha value is -1.76. The van der Waals surface area contributed by atoms with Gasteiger partial charge < -0.3 is 4.74 Å². The van der Waals surface area contributed by atoms with Crippen LogP contribution in [0.1, 0.15) is 75.5 Å². The van der Waals surface area contributed by atoms with Crippen LogP contribution in [0.25, 0.3) is 0 Å². The number of aryl methyl sites for hydroxylation is 1. The van der Waals surface area contributed by atoms with Crippen molar-refractivity contribution in [2.24, 2.45) is 0 Å². The molecule has 1 aliphatic heterocycles. The van der Waals surface area contributed by atoms with Crippen molar-refractivity contribution >= 4 is 0 Å². The standard InChI is InChI=1S/C23H32O/c1-4-7-14-20(12-5-2)22-18-11-9-16-19-15-8-10-17-21(19)23(24-22)13-6-3/h5-6,8,10,15,17,23H,2-4,7,9,11-14,16,18H2,1H3/b22-20-. The molecular weight excluding hydrogens is 292 g/mol. The Labute approximate surface area is 148 Å². The zero-order valence-electron chi connectivity index (χ0n) is 15.2. The predicted octanol–water partition coefficient (Wildman–Crippen LogP) is 7.07. The molecule has 1 atom stereocenters. The summed E-state index contributed by atoms with van der Waals surface area (Å²) < 4.78 is 6.61. The molecule has 0 aromatic heterocycles. The van der Waals surface area contributed by atoms with Gasteiger partial charge in [-0.2, -0.15) is 0 Å². The van der Waals surface area contributed by atoms with Gasteiger partial charge in [-0.05, 0) is 55.2 Å². The molecule has 0 saturated heterocycles. The number of benzene rings is 1. The van der Waals surface area contributed by atoms with Gasteiger partial charge in [-0.1, -0.05) is 49.8 Å². The SMILES string of the molecule is C=CC/C(CCCC)=C1\CCCCc2ccccc2C(CC=C)O1. The molecule has 2 rings (SSSR count). The van der Waals surface area contributed by atoms with E-state index in [4.69, 9.17) is 4.74 Å². The van der Waals surface area contributed by atoms with Crippen LogP contribution in [-0.4, -0.2) is 0 Å². The summed E-state index contributed by atoms with van der Waals surface area (Å²) in [5.74, 6) is 1.21. The molecule has 130 valence electrons. The summed E-state index contributed by atoms with van der Waals surface area (Å²) in [7, 11) is 0. The number of allylic oxidation sites excluding steroid dienone is 3. The first-order chi connectivity index (χ1) is 11.8. The van der Waals surface area contributed by atoms with E-state index in [1.807, 2.05) is 12.2 Å². The van der Waals surface area contributed by atoms with Gasteiger partial charge in [0.25, 0.3) is 0 Å². The molecule has 0 aliphatic carbocycles. The van der Waals surface area contributed by atoms with Crippen molar-refractivity contribution in [3.05, 3.63) is 72.0 Å². The predicted molar refractivity (Wildman–Crippen MR) is 104 cm³/mol. The molecule has 1 aromatic rings. The van der Waals surface area contributed by atoms with E-state index in [1.54, 1.807) is 0 Å². The van der Waals surface area contributed by atoms with E-state index >= 15 is 0 Å². The largest absolute Gasteiger partial charge is 0.490 e. The number of ether oxygens (including phenoxy) is 1. The van der Waals surface area contributed by atoms with Crippen molar-refractivity contribution in [2.75, 3.05) is 0 Å². The van der Waals surface area contributed by atoms with E-state index in [0.29, 0.717) is 0 Å². The number of hydrogen-bond acceptors (Lipinski definition) is 1. The molecule has 1 nitrogen and oxygen atoms in total. The van der Waals surface area contributed by atoms with Crippen molar-refractivity contribution < 1.29 is 4.74 Å². The summed E-state index contributed by atoms with van der Waals surface area (Å²) in [6.07, 6.45) is 14.1. The third-order valence-corrected chi connectivity index (χ3v) is 4.78. The summed E-state index contributed by atoms with van der Waals surface area (Å²) in [6.45, 7) is 10.1. The molecular formula is C23H32O. The van der Waals surface area contributed by atoms with Crippen LogP contribution in [0.5, 0.6) is 0 Å². The molecule has 24 heavy (non-hydrogen) atoms. The van der Waals surface area contributed by atoms with Gasteiger partial charge >= 0.3 is 0 Å². The molecule has 0 radical (unpaired) electrons. The van der Waals surface area contributed by atoms with E-state index in [-0.39, 0.29) is 6.10 Å². The van der Waals surface area contributed by atoms with E-state index in [9.17, 15) is 0 Å². The molecule has 1 unspecified atom stereocenters. The minimum absolute atomic E-state index is 0.0910. The zero-order chi connectivity index (χ0) is 17.2. The Morgan fingerprint density at radius 2 is 1.96 bits per heavy atom. The highest BCUT2D eigenvalue weighted by Crippen LogP contribution is 2.34. The first-order valence-electron chi connectivity index (χ1n) is 9.47. The quantitative estimate of drug-likeness (QED) is 0.487. The summed E-state index contributed by atoms with van der Waals surface area (Å²) in [4.78, 5) is 0. The van der Waals surface area contributed by atoms with Gasteiger partial charge in [-0.25, -0.2) is 0 Å². The average molecular weight is 325 g/mol. The highest BCUT2D eigenvalue weighted by molar-refractivity contribution is 5.31. The second-order valence-corrected chi connectivity index (χ2v) is 6.66. The minimum atomic E-state index is 0.0910. The minimum Gasteiger partial charge on any atom is -0.490 e. The number of unbranched alkanes of at least 4 members (excludes halogenated alkanes) is 1. The van der Waals surface area contributed by atoms with Crippen LogP contribution in [0.2, 0.25) is 0 Å². The molecule has 0 spiro atoms. The third kappa shape index (κ3) is 5.12. The average Bonchev–Trinajstić information content (AvgIpc) is 2.69. The van der Waals surface area contributed by atoms with Crippen LogP contribution < -0.4 is 0 Å². The Bertz CT molecular complexity index is 567. The fraction of sp³-hybridized carbons (Fsp3) is 0.478. The van der Waals surface area contributed by atoms with Crippen molar-refractivity contribution in [3.63, 3.8) is 0 Å². The number of rotatable bonds is 7. The van der Waals surface area contributed by atoms with Crippen molar-refractivity contribution in [1.29, 1.82) is 0 Å². The summed E-state index contributed by atoms with van der Waals surface area (Å²) in [6, 6.07) is 8.75. The van der Waals surface area contributed by atoms with Crippen LogP contribution in [0.4, 0.5) is 0 Å². The monoisotopic (exact) mass is 324 g/mol. The number of fused-ring (bicyclic) bond motifs is 1. The highest BCUT2D eigenvalue weighted by atomic mass is 16.5. The molecule has 1 aromatic carbocycles. The first kappa shape index (κ1) is 18.6. The summed E-state index contributed by atoms with van der Waals surface area (Å²) >= 11 is 0. The maximum atomic E-state index is 6.61. The second kappa shape index (κ2) is 10.2. The van der Waals surface area contributed by atoms with Gasteiger partial charge in [0, 0.05) is 12.8 Å². The highest BCUT2D eigenvalue weighted by Gasteiger charge is 2.20. The van der Waals surface area contributed by atoms with Gasteiger partial charge in [0.15, 0.2) is 0 Å². The van der Waals surface area contributed by atoms with Crippen molar-refractivity contribution in [1.82, 2.24) is 0 Å². The normalized spacial score (nSPS) is 20.0. The van der Waals surface area contributed by atoms with Crippen LogP contribution in [-0.2, 0) is 11.2 Å². The molecule has 1 heterocycles. The first-order valence-corrected chi connectivity index (χ1v) is 9.47. The van der Waals surface area contributed by atoms with Crippen LogP contribution in [0.15, 0.2) is 60.9 Å². The lowest BCUT2D eigenvalue weighted by atomic mass is 9.96. The topological polar surface area (TPSA) is 9.23 Å². The molecule has 0 N–H and O–H groups in total. The van der Waals surface area contributed by atoms with E-state index < -0.39 is 0 Å². The molecule has 0 saturated carbocycles. The van der Waals surface area contributed by atoms with E-state index in [2.05, 4.69) is 44.3 Å². The number of hydrogen-bond donors (Lipinski definition) is 0. The van der Waals surface area contributed by atoms with Gasteiger partial charge in [-0.3, -0.25) is 0 Å². The Kier molecular flexibility index (Phi) is 7.88. The van der Waals surface area contributed by atoms with E-state index in [0.717, 1.165) is 32.1 Å². The maximum Gasteiger partial charge on any atom is 0.127 e. The smallest absolute Gasteiger partial charge is 0.127 e. The lowest BCUT2D eigenvalue weighted by molar-refractivity contribution is 0.108. The lowest BCUT2D eigenvalue weighted by Gasteiger charge is -2.24. The Balaban J connectivity index is 2.36. The maximum absolute atomic E-state index is 6.61. The van der Waals surface area contributed by atoms with Gasteiger partial charge in [0.2, 0.25) is 0 Å². The van der Waals surface area contributed by atoms with Crippen LogP contribution >= 0.6 is 0 Å². The summed E-state index contributed by atoms with van der Waals surface area (Å²) in [5, 5.41) is 0. The Morgan fingerprint density at radius 1 is 1.17 bits per heavy atom. The summed E-state index contributed by atoms with van der Waals surface area (Å²) in [5.41, 5.74) is 4.22. The third-order valence-electron chi connectivity index (χ3n) is 4.78. The molecule has 0 amide bonds. The molecule has 0 bridgehead atoms. The van der Waals surface area contributed by atoms with E-state index in [1.165, 1.54) is 48.1 Å². The van der Waals surface area contributed by atoms with Crippen molar-refractivity contribution in [3.8, 4) is 0 Å². The van der Waals surface area contributed by atoms with Crippen LogP contribution in [0, 0.1) is 0 Å². The zero-order valence-corrected chi connectivity index (χ0v) is 15.2. The Morgan fingerprint density at radius 3 is 2.71 bits per heavy atom. The lowest BCUT2D eigenvalue weighted by Crippen LogP contribution is -2.07. The molecule has 1 aliphatic rings. The molecule has 1 heteroatoms.